The zero-order valence-electron chi connectivity index (χ0n) is 11.2. The zero-order valence-corrected chi connectivity index (χ0v) is 11.2. The van der Waals surface area contributed by atoms with Gasteiger partial charge in [0.2, 0.25) is 5.75 Å². The van der Waals surface area contributed by atoms with Gasteiger partial charge in [-0.2, -0.15) is 0 Å². The molecule has 0 unspecified atom stereocenters. The van der Waals surface area contributed by atoms with Crippen LogP contribution < -0.4 is 10.1 Å². The van der Waals surface area contributed by atoms with Crippen molar-refractivity contribution in [2.75, 3.05) is 6.61 Å². The number of hydrogen-bond acceptors (Lipinski definition) is 6. The molecule has 8 heteroatoms. The van der Waals surface area contributed by atoms with E-state index in [1.165, 1.54) is 24.6 Å². The standard InChI is InChI=1S/C13H13N3O5/c1-9(10-5-3-7-20-10)15-12(17)8-21-11-4-2-6-14-13(11)16(18)19/h2-7,9H,8H2,1H3,(H,15,17)/t9-/m0/s1. The third-order valence-corrected chi connectivity index (χ3v) is 2.63. The van der Waals surface area contributed by atoms with Gasteiger partial charge < -0.3 is 24.6 Å². The Labute approximate surface area is 119 Å². The molecule has 0 saturated heterocycles. The van der Waals surface area contributed by atoms with E-state index in [-0.39, 0.29) is 18.4 Å². The van der Waals surface area contributed by atoms with E-state index in [9.17, 15) is 14.9 Å². The van der Waals surface area contributed by atoms with E-state index in [1.54, 1.807) is 19.1 Å². The third-order valence-electron chi connectivity index (χ3n) is 2.63. The molecule has 1 amide bonds. The maximum absolute atomic E-state index is 11.7. The second-order valence-corrected chi connectivity index (χ2v) is 4.18. The molecule has 2 heterocycles. The average molecular weight is 291 g/mol. The smallest absolute Gasteiger partial charge is 0.406 e. The second kappa shape index (κ2) is 6.51. The van der Waals surface area contributed by atoms with Crippen molar-refractivity contribution >= 4 is 11.7 Å². The average Bonchev–Trinajstić information content (AvgIpc) is 2.99. The third kappa shape index (κ3) is 3.78. The molecule has 2 aromatic heterocycles. The highest BCUT2D eigenvalue weighted by Crippen LogP contribution is 2.22. The van der Waals surface area contributed by atoms with Gasteiger partial charge in [0.1, 0.15) is 12.0 Å². The highest BCUT2D eigenvalue weighted by atomic mass is 16.6. The predicted octanol–water partition coefficient (Wildman–Crippen LogP) is 1.84. The van der Waals surface area contributed by atoms with Crippen LogP contribution in [0, 0.1) is 10.1 Å². The quantitative estimate of drug-likeness (QED) is 0.642. The maximum Gasteiger partial charge on any atom is 0.406 e. The van der Waals surface area contributed by atoms with Crippen LogP contribution in [0.4, 0.5) is 5.82 Å². The summed E-state index contributed by atoms with van der Waals surface area (Å²) in [5, 5.41) is 13.4. The highest BCUT2D eigenvalue weighted by molar-refractivity contribution is 5.78. The molecule has 1 N–H and O–H groups in total. The Hall–Kier alpha value is -2.90. The number of amides is 1. The number of furan rings is 1. The largest absolute Gasteiger partial charge is 0.476 e. The van der Waals surface area contributed by atoms with Crippen molar-refractivity contribution in [3.05, 3.63) is 52.6 Å². The van der Waals surface area contributed by atoms with Crippen molar-refractivity contribution in [3.8, 4) is 5.75 Å². The van der Waals surface area contributed by atoms with Crippen LogP contribution in [-0.2, 0) is 4.79 Å². The molecule has 2 aromatic rings. The number of carbonyl (C=O) groups is 1. The molecule has 0 aliphatic heterocycles. The Morgan fingerprint density at radius 3 is 3.00 bits per heavy atom. The molecule has 0 spiro atoms. The number of pyridine rings is 1. The molecule has 8 nitrogen and oxygen atoms in total. The van der Waals surface area contributed by atoms with E-state index in [0.29, 0.717) is 5.76 Å². The summed E-state index contributed by atoms with van der Waals surface area (Å²) in [6.07, 6.45) is 2.79. The van der Waals surface area contributed by atoms with E-state index >= 15 is 0 Å². The summed E-state index contributed by atoms with van der Waals surface area (Å²) in [6.45, 7) is 1.40. The fourth-order valence-electron chi connectivity index (χ4n) is 1.67. The normalized spacial score (nSPS) is 11.7. The molecule has 0 saturated carbocycles. The molecule has 110 valence electrons. The monoisotopic (exact) mass is 291 g/mol. The minimum atomic E-state index is -0.668. The van der Waals surface area contributed by atoms with Crippen molar-refractivity contribution in [1.82, 2.24) is 10.3 Å². The predicted molar refractivity (Wildman–Crippen MR) is 71.7 cm³/mol. The van der Waals surface area contributed by atoms with Gasteiger partial charge in [-0.15, -0.1) is 0 Å². The van der Waals surface area contributed by atoms with E-state index < -0.39 is 16.6 Å². The van der Waals surface area contributed by atoms with Gasteiger partial charge in [-0.25, -0.2) is 0 Å². The van der Waals surface area contributed by atoms with Gasteiger partial charge in [-0.05, 0) is 41.1 Å². The molecule has 0 aromatic carbocycles. The Balaban J connectivity index is 1.91. The molecule has 0 aliphatic rings. The first-order chi connectivity index (χ1) is 10.1. The van der Waals surface area contributed by atoms with Crippen LogP contribution in [0.1, 0.15) is 18.7 Å². The number of aromatic nitrogens is 1. The van der Waals surface area contributed by atoms with Gasteiger partial charge in [0.05, 0.1) is 12.3 Å². The van der Waals surface area contributed by atoms with Gasteiger partial charge in [0.25, 0.3) is 5.91 Å². The van der Waals surface area contributed by atoms with Crippen LogP contribution in [0.5, 0.6) is 5.75 Å². The van der Waals surface area contributed by atoms with Crippen molar-refractivity contribution in [2.24, 2.45) is 0 Å². The van der Waals surface area contributed by atoms with E-state index in [0.717, 1.165) is 0 Å². The highest BCUT2D eigenvalue weighted by Gasteiger charge is 2.17. The second-order valence-electron chi connectivity index (χ2n) is 4.18. The summed E-state index contributed by atoms with van der Waals surface area (Å²) in [5.41, 5.74) is 0. The first kappa shape index (κ1) is 14.5. The summed E-state index contributed by atoms with van der Waals surface area (Å²) < 4.78 is 10.3. The molecule has 0 bridgehead atoms. The van der Waals surface area contributed by atoms with Crippen LogP contribution in [0.2, 0.25) is 0 Å². The molecule has 0 radical (unpaired) electrons. The molecular weight excluding hydrogens is 278 g/mol. The minimum Gasteiger partial charge on any atom is -0.476 e. The molecule has 21 heavy (non-hydrogen) atoms. The number of rotatable bonds is 6. The molecule has 0 aliphatic carbocycles. The fourth-order valence-corrected chi connectivity index (χ4v) is 1.67. The summed E-state index contributed by atoms with van der Waals surface area (Å²) in [6, 6.07) is 6.01. The van der Waals surface area contributed by atoms with E-state index in [4.69, 9.17) is 9.15 Å². The van der Waals surface area contributed by atoms with Crippen LogP contribution in [-0.4, -0.2) is 22.4 Å². The Morgan fingerprint density at radius 1 is 1.52 bits per heavy atom. The number of hydrogen-bond donors (Lipinski definition) is 1. The molecule has 1 atom stereocenters. The number of ether oxygens (including phenoxy) is 1. The van der Waals surface area contributed by atoms with Crippen molar-refractivity contribution in [2.45, 2.75) is 13.0 Å². The van der Waals surface area contributed by atoms with E-state index in [1.807, 2.05) is 0 Å². The Kier molecular flexibility index (Phi) is 4.50. The van der Waals surface area contributed by atoms with Gasteiger partial charge in [-0.1, -0.05) is 0 Å². The van der Waals surface area contributed by atoms with Crippen LogP contribution in [0.25, 0.3) is 0 Å². The van der Waals surface area contributed by atoms with Crippen LogP contribution in [0.15, 0.2) is 41.1 Å². The lowest BCUT2D eigenvalue weighted by molar-refractivity contribution is -0.390. The van der Waals surface area contributed by atoms with Crippen LogP contribution >= 0.6 is 0 Å². The maximum atomic E-state index is 11.7. The molecular formula is C13H13N3O5. The summed E-state index contributed by atoms with van der Waals surface area (Å²) in [5.74, 6) is -0.291. The fraction of sp³-hybridized carbons (Fsp3) is 0.231. The molecule has 0 fully saturated rings. The zero-order chi connectivity index (χ0) is 15.2. The van der Waals surface area contributed by atoms with Gasteiger partial charge in [0, 0.05) is 0 Å². The van der Waals surface area contributed by atoms with Crippen molar-refractivity contribution in [1.29, 1.82) is 0 Å². The first-order valence-corrected chi connectivity index (χ1v) is 6.13. The lowest BCUT2D eigenvalue weighted by Gasteiger charge is -2.11. The van der Waals surface area contributed by atoms with Crippen molar-refractivity contribution < 1.29 is 18.9 Å². The summed E-state index contributed by atoms with van der Waals surface area (Å²) >= 11 is 0. The SMILES string of the molecule is C[C@H](NC(=O)COc1cccnc1[N+](=O)[O-])c1ccco1. The molecule has 2 rings (SSSR count). The Morgan fingerprint density at radius 2 is 2.33 bits per heavy atom. The Bertz CT molecular complexity index is 626. The first-order valence-electron chi connectivity index (χ1n) is 6.13. The topological polar surface area (TPSA) is 108 Å². The van der Waals surface area contributed by atoms with Crippen LogP contribution in [0.3, 0.4) is 0 Å². The van der Waals surface area contributed by atoms with Gasteiger partial charge in [-0.3, -0.25) is 4.79 Å². The lowest BCUT2D eigenvalue weighted by Crippen LogP contribution is -2.31. The number of nitrogens with one attached hydrogen (secondary N) is 1. The number of nitrogens with zero attached hydrogens (tertiary/aromatic N) is 2. The number of nitro groups is 1. The summed E-state index contributed by atoms with van der Waals surface area (Å²) in [4.78, 5) is 25.4. The number of carbonyl (C=O) groups excluding carboxylic acids is 1. The van der Waals surface area contributed by atoms with Crippen molar-refractivity contribution in [3.63, 3.8) is 0 Å². The minimum absolute atomic E-state index is 0.0525. The summed E-state index contributed by atoms with van der Waals surface area (Å²) in [7, 11) is 0. The van der Waals surface area contributed by atoms with Gasteiger partial charge in [0.15, 0.2) is 6.61 Å². The van der Waals surface area contributed by atoms with E-state index in [2.05, 4.69) is 10.3 Å². The lowest BCUT2D eigenvalue weighted by atomic mass is 10.2. The van der Waals surface area contributed by atoms with Gasteiger partial charge >= 0.3 is 5.82 Å².